The highest BCUT2D eigenvalue weighted by Crippen LogP contribution is 2.56. The topological polar surface area (TPSA) is 25.1 Å². The molecule has 1 rings (SSSR count). The highest BCUT2D eigenvalue weighted by molar-refractivity contribution is 4.99. The average Bonchev–Trinajstić information content (AvgIpc) is 2.84. The van der Waals surface area contributed by atoms with Gasteiger partial charge in [0.15, 0.2) is 0 Å². The summed E-state index contributed by atoms with van der Waals surface area (Å²) in [5, 5.41) is 0. The molecule has 1 fully saturated rings. The molecular formula is C10H19FO2. The standard InChI is InChI=1S/C10H19FO2/c1-6-8(2,3)9(4,5)10(7-11)12-13-10/h6-7H2,1-5H3. The maximum absolute atomic E-state index is 12.7. The molecular weight excluding hydrogens is 171 g/mol. The molecule has 0 saturated carbocycles. The van der Waals surface area contributed by atoms with Crippen molar-refractivity contribution in [2.45, 2.75) is 46.8 Å². The molecule has 0 spiro atoms. The van der Waals surface area contributed by atoms with E-state index in [1.54, 1.807) is 0 Å². The Balaban J connectivity index is 2.87. The van der Waals surface area contributed by atoms with Crippen molar-refractivity contribution in [1.29, 1.82) is 0 Å². The summed E-state index contributed by atoms with van der Waals surface area (Å²) < 4.78 is 12.7. The second kappa shape index (κ2) is 2.92. The van der Waals surface area contributed by atoms with Crippen molar-refractivity contribution < 1.29 is 14.2 Å². The van der Waals surface area contributed by atoms with E-state index in [4.69, 9.17) is 9.78 Å². The first kappa shape index (κ1) is 10.9. The molecule has 0 aromatic heterocycles. The van der Waals surface area contributed by atoms with Gasteiger partial charge in [-0.2, -0.15) is 9.78 Å². The molecule has 0 bridgehead atoms. The Morgan fingerprint density at radius 1 is 1.15 bits per heavy atom. The molecule has 1 saturated heterocycles. The maximum atomic E-state index is 12.7. The lowest BCUT2D eigenvalue weighted by atomic mass is 9.62. The Labute approximate surface area is 79.3 Å². The number of rotatable bonds is 4. The maximum Gasteiger partial charge on any atom is 0.267 e. The van der Waals surface area contributed by atoms with Gasteiger partial charge in [0.25, 0.3) is 5.79 Å². The number of halogens is 1. The van der Waals surface area contributed by atoms with Crippen molar-refractivity contribution in [2.75, 3.05) is 6.67 Å². The van der Waals surface area contributed by atoms with E-state index in [1.807, 2.05) is 13.8 Å². The van der Waals surface area contributed by atoms with Crippen LogP contribution >= 0.6 is 0 Å². The van der Waals surface area contributed by atoms with Crippen LogP contribution in [0.2, 0.25) is 0 Å². The SMILES string of the molecule is CCC(C)(C)C(C)(C)C1(CF)OO1. The van der Waals surface area contributed by atoms with E-state index in [1.165, 1.54) is 0 Å². The summed E-state index contributed by atoms with van der Waals surface area (Å²) in [6.45, 7) is 9.70. The minimum absolute atomic E-state index is 0.00438. The van der Waals surface area contributed by atoms with Gasteiger partial charge in [0, 0.05) is 5.41 Å². The molecule has 0 aromatic rings. The summed E-state index contributed by atoms with van der Waals surface area (Å²) >= 11 is 0. The summed E-state index contributed by atoms with van der Waals surface area (Å²) in [5.41, 5.74) is -0.320. The molecule has 78 valence electrons. The van der Waals surface area contributed by atoms with Crippen LogP contribution in [0.15, 0.2) is 0 Å². The fourth-order valence-electron chi connectivity index (χ4n) is 1.43. The number of hydrogen-bond acceptors (Lipinski definition) is 2. The predicted molar refractivity (Wildman–Crippen MR) is 48.7 cm³/mol. The molecule has 1 aliphatic heterocycles. The van der Waals surface area contributed by atoms with Crippen LogP contribution in [-0.2, 0) is 9.78 Å². The second-order valence-electron chi connectivity index (χ2n) is 4.92. The predicted octanol–water partition coefficient (Wildman–Crippen LogP) is 3.08. The molecule has 1 heterocycles. The van der Waals surface area contributed by atoms with E-state index in [0.29, 0.717) is 0 Å². The van der Waals surface area contributed by atoms with E-state index >= 15 is 0 Å². The smallest absolute Gasteiger partial charge is 0.245 e. The average molecular weight is 190 g/mol. The molecule has 0 radical (unpaired) electrons. The van der Waals surface area contributed by atoms with Crippen LogP contribution in [0.5, 0.6) is 0 Å². The molecule has 0 aliphatic carbocycles. The third kappa shape index (κ3) is 1.38. The summed E-state index contributed by atoms with van der Waals surface area (Å²) in [6, 6.07) is 0. The largest absolute Gasteiger partial charge is 0.267 e. The van der Waals surface area contributed by atoms with Crippen LogP contribution in [-0.4, -0.2) is 12.5 Å². The minimum atomic E-state index is -0.994. The zero-order chi connectivity index (χ0) is 10.3. The monoisotopic (exact) mass is 190 g/mol. The summed E-state index contributed by atoms with van der Waals surface area (Å²) in [7, 11) is 0. The number of alkyl halides is 1. The van der Waals surface area contributed by atoms with Crippen LogP contribution in [0.1, 0.15) is 41.0 Å². The first-order chi connectivity index (χ1) is 5.83. The Hall–Kier alpha value is -0.150. The van der Waals surface area contributed by atoms with Gasteiger partial charge in [-0.05, 0) is 5.41 Å². The van der Waals surface area contributed by atoms with Crippen molar-refractivity contribution in [3.63, 3.8) is 0 Å². The zero-order valence-electron chi connectivity index (χ0n) is 9.11. The van der Waals surface area contributed by atoms with Gasteiger partial charge >= 0.3 is 0 Å². The van der Waals surface area contributed by atoms with E-state index in [-0.39, 0.29) is 10.8 Å². The van der Waals surface area contributed by atoms with Crippen molar-refractivity contribution >= 4 is 0 Å². The van der Waals surface area contributed by atoms with Crippen molar-refractivity contribution in [3.05, 3.63) is 0 Å². The zero-order valence-corrected chi connectivity index (χ0v) is 9.11. The normalized spacial score (nSPS) is 21.7. The Kier molecular flexibility index (Phi) is 2.46. The van der Waals surface area contributed by atoms with Gasteiger partial charge in [-0.1, -0.05) is 41.0 Å². The van der Waals surface area contributed by atoms with Gasteiger partial charge in [-0.15, -0.1) is 0 Å². The first-order valence-corrected chi connectivity index (χ1v) is 4.76. The fourth-order valence-corrected chi connectivity index (χ4v) is 1.43. The molecule has 3 heteroatoms. The molecule has 0 N–H and O–H groups in total. The number of hydrogen-bond donors (Lipinski definition) is 0. The van der Waals surface area contributed by atoms with E-state index in [2.05, 4.69) is 20.8 Å². The molecule has 1 aliphatic rings. The molecule has 0 atom stereocenters. The van der Waals surface area contributed by atoms with Gasteiger partial charge in [0.05, 0.1) is 0 Å². The van der Waals surface area contributed by atoms with Crippen molar-refractivity contribution in [2.24, 2.45) is 10.8 Å². The lowest BCUT2D eigenvalue weighted by molar-refractivity contribution is -0.00960. The second-order valence-corrected chi connectivity index (χ2v) is 4.92. The van der Waals surface area contributed by atoms with Crippen LogP contribution in [0.4, 0.5) is 4.39 Å². The van der Waals surface area contributed by atoms with Crippen LogP contribution in [0.3, 0.4) is 0 Å². The summed E-state index contributed by atoms with van der Waals surface area (Å²) in [6.07, 6.45) is 0.967. The van der Waals surface area contributed by atoms with Crippen LogP contribution in [0, 0.1) is 10.8 Å². The lowest BCUT2D eigenvalue weighted by Crippen LogP contribution is -2.46. The molecule has 0 unspecified atom stereocenters. The van der Waals surface area contributed by atoms with Crippen molar-refractivity contribution in [1.82, 2.24) is 0 Å². The highest BCUT2D eigenvalue weighted by atomic mass is 19.1. The molecule has 13 heavy (non-hydrogen) atoms. The van der Waals surface area contributed by atoms with Crippen LogP contribution in [0.25, 0.3) is 0 Å². The molecule has 0 aromatic carbocycles. The molecule has 2 nitrogen and oxygen atoms in total. The van der Waals surface area contributed by atoms with E-state index < -0.39 is 12.5 Å². The Morgan fingerprint density at radius 3 is 1.85 bits per heavy atom. The first-order valence-electron chi connectivity index (χ1n) is 4.76. The quantitative estimate of drug-likeness (QED) is 0.502. The fraction of sp³-hybridized carbons (Fsp3) is 1.00. The summed E-state index contributed by atoms with van der Waals surface area (Å²) in [5.74, 6) is -0.994. The van der Waals surface area contributed by atoms with Gasteiger partial charge in [-0.25, -0.2) is 4.39 Å². The third-order valence-electron chi connectivity index (χ3n) is 3.99. The van der Waals surface area contributed by atoms with Gasteiger partial charge in [0.1, 0.15) is 6.67 Å². The minimum Gasteiger partial charge on any atom is -0.245 e. The van der Waals surface area contributed by atoms with Gasteiger partial charge in [-0.3, -0.25) is 0 Å². The van der Waals surface area contributed by atoms with Gasteiger partial charge < -0.3 is 0 Å². The third-order valence-corrected chi connectivity index (χ3v) is 3.99. The van der Waals surface area contributed by atoms with E-state index in [0.717, 1.165) is 6.42 Å². The Morgan fingerprint density at radius 2 is 1.62 bits per heavy atom. The van der Waals surface area contributed by atoms with E-state index in [9.17, 15) is 4.39 Å². The Bertz CT molecular complexity index is 187. The summed E-state index contributed by atoms with van der Waals surface area (Å²) in [4.78, 5) is 9.65. The van der Waals surface area contributed by atoms with Crippen LogP contribution < -0.4 is 0 Å². The lowest BCUT2D eigenvalue weighted by Gasteiger charge is -2.42. The highest BCUT2D eigenvalue weighted by Gasteiger charge is 2.65. The van der Waals surface area contributed by atoms with Gasteiger partial charge in [0.2, 0.25) is 0 Å². The van der Waals surface area contributed by atoms with Crippen molar-refractivity contribution in [3.8, 4) is 0 Å². The molecule has 0 amide bonds.